The summed E-state index contributed by atoms with van der Waals surface area (Å²) >= 11 is 0. The average molecular weight is 562 g/mol. The lowest BCUT2D eigenvalue weighted by Gasteiger charge is -2.34. The van der Waals surface area contributed by atoms with Gasteiger partial charge in [0, 0.05) is 24.2 Å². The van der Waals surface area contributed by atoms with Gasteiger partial charge in [-0.25, -0.2) is 4.79 Å². The molecule has 0 fully saturated rings. The van der Waals surface area contributed by atoms with Crippen LogP contribution >= 0.6 is 0 Å². The van der Waals surface area contributed by atoms with Gasteiger partial charge in [-0.05, 0) is 76.4 Å². The molecule has 3 aromatic rings. The van der Waals surface area contributed by atoms with Crippen molar-refractivity contribution in [3.63, 3.8) is 0 Å². The Morgan fingerprint density at radius 3 is 2.07 bits per heavy atom. The van der Waals surface area contributed by atoms with Crippen molar-refractivity contribution in [2.75, 3.05) is 11.9 Å². The molecule has 0 aliphatic heterocycles. The fraction of sp³-hybridized carbons (Fsp3) is 0.344. The third kappa shape index (κ3) is 8.23. The highest BCUT2D eigenvalue weighted by atomic mass is 16.6. The van der Waals surface area contributed by atoms with Gasteiger partial charge in [0.05, 0.1) is 0 Å². The van der Waals surface area contributed by atoms with E-state index in [-0.39, 0.29) is 30.0 Å². The first-order valence-corrected chi connectivity index (χ1v) is 13.5. The predicted molar refractivity (Wildman–Crippen MR) is 158 cm³/mol. The number of nitrogens with zero attached hydrogens (tertiary/aromatic N) is 1. The fourth-order valence-electron chi connectivity index (χ4n) is 4.56. The van der Waals surface area contributed by atoms with Crippen LogP contribution < -0.4 is 10.6 Å². The number of benzene rings is 3. The number of phenols is 2. The number of amides is 3. The number of aromatic hydroxyl groups is 2. The maximum absolute atomic E-state index is 14.2. The van der Waals surface area contributed by atoms with E-state index >= 15 is 0 Å². The first-order valence-electron chi connectivity index (χ1n) is 13.5. The van der Waals surface area contributed by atoms with Crippen molar-refractivity contribution in [3.05, 3.63) is 89.0 Å². The molecule has 2 unspecified atom stereocenters. The highest BCUT2D eigenvalue weighted by molar-refractivity contribution is 6.00. The van der Waals surface area contributed by atoms with Gasteiger partial charge in [0.15, 0.2) is 0 Å². The number of alkyl carbamates (subject to hydrolysis) is 1. The Bertz CT molecular complexity index is 1360. The second-order valence-electron chi connectivity index (χ2n) is 10.9. The molecule has 3 rings (SSSR count). The van der Waals surface area contributed by atoms with E-state index in [0.717, 1.165) is 11.1 Å². The van der Waals surface area contributed by atoms with E-state index in [1.807, 2.05) is 32.0 Å². The summed E-state index contributed by atoms with van der Waals surface area (Å²) in [5.41, 5.74) is 2.43. The number of aryl methyl sites for hydroxylation is 2. The predicted octanol–water partition coefficient (Wildman–Crippen LogP) is 5.38. The second-order valence-corrected chi connectivity index (χ2v) is 10.9. The fourth-order valence-corrected chi connectivity index (χ4v) is 4.56. The van der Waals surface area contributed by atoms with Gasteiger partial charge in [-0.2, -0.15) is 0 Å². The summed E-state index contributed by atoms with van der Waals surface area (Å²) in [5.74, 6) is -1.14. The number of ether oxygens (including phenoxy) is 1. The number of anilines is 1. The number of nitrogens with one attached hydrogen (secondary N) is 2. The Morgan fingerprint density at radius 2 is 1.51 bits per heavy atom. The van der Waals surface area contributed by atoms with E-state index in [2.05, 4.69) is 10.6 Å². The number of para-hydroxylation sites is 2. The van der Waals surface area contributed by atoms with Gasteiger partial charge in [-0.1, -0.05) is 48.5 Å². The van der Waals surface area contributed by atoms with Gasteiger partial charge < -0.3 is 30.5 Å². The molecule has 0 radical (unpaired) electrons. The minimum atomic E-state index is -1.21. The normalized spacial score (nSPS) is 12.6. The first-order chi connectivity index (χ1) is 19.3. The maximum Gasteiger partial charge on any atom is 0.408 e. The minimum Gasteiger partial charge on any atom is -0.508 e. The Morgan fingerprint density at radius 1 is 0.902 bits per heavy atom. The summed E-state index contributed by atoms with van der Waals surface area (Å²) in [6, 6.07) is 16.0. The van der Waals surface area contributed by atoms with E-state index in [4.69, 9.17) is 4.74 Å². The number of phenolic OH excluding ortho intramolecular Hbond substituents is 2. The van der Waals surface area contributed by atoms with Crippen LogP contribution in [0.4, 0.5) is 10.5 Å². The van der Waals surface area contributed by atoms with Crippen LogP contribution in [0.5, 0.6) is 11.5 Å². The van der Waals surface area contributed by atoms with E-state index in [0.29, 0.717) is 11.3 Å². The average Bonchev–Trinajstić information content (AvgIpc) is 2.89. The lowest BCUT2D eigenvalue weighted by atomic mass is 9.99. The molecule has 9 nitrogen and oxygen atoms in total. The topological polar surface area (TPSA) is 128 Å². The van der Waals surface area contributed by atoms with Gasteiger partial charge in [-0.15, -0.1) is 0 Å². The number of hydrogen-bond acceptors (Lipinski definition) is 6. The molecule has 3 aromatic carbocycles. The molecule has 0 bridgehead atoms. The zero-order chi connectivity index (χ0) is 30.3. The number of carbonyl (C=O) groups excluding carboxylic acids is 3. The Balaban J connectivity index is 2.04. The molecule has 4 N–H and O–H groups in total. The van der Waals surface area contributed by atoms with Crippen LogP contribution in [0.25, 0.3) is 0 Å². The molecule has 9 heteroatoms. The van der Waals surface area contributed by atoms with E-state index in [1.54, 1.807) is 58.0 Å². The second kappa shape index (κ2) is 13.2. The third-order valence-electron chi connectivity index (χ3n) is 6.51. The standard InChI is InChI=1S/C32H39N3O6/c1-7-35(30(39)25(33-31(40)41-32(4,5)6)19-22-15-17-23(36)18-16-22)28(24-13-8-9-14-26(24)37)29(38)34-27-20(2)11-10-12-21(27)3/h8-18,25,28,36-37H,7,19H2,1-6H3,(H,33,40)(H,34,38). The zero-order valence-electron chi connectivity index (χ0n) is 24.4. The quantitative estimate of drug-likeness (QED) is 0.278. The van der Waals surface area contributed by atoms with Crippen LogP contribution in [0.2, 0.25) is 0 Å². The van der Waals surface area contributed by atoms with E-state index in [1.165, 1.54) is 23.1 Å². The van der Waals surface area contributed by atoms with Crippen molar-refractivity contribution < 1.29 is 29.3 Å². The van der Waals surface area contributed by atoms with Crippen LogP contribution in [0.3, 0.4) is 0 Å². The number of carbonyl (C=O) groups is 3. The largest absolute Gasteiger partial charge is 0.508 e. The molecular weight excluding hydrogens is 522 g/mol. The van der Waals surface area contributed by atoms with E-state index in [9.17, 15) is 24.6 Å². The number of rotatable bonds is 9. The molecule has 0 aliphatic rings. The SMILES string of the molecule is CCN(C(=O)C(Cc1ccc(O)cc1)NC(=O)OC(C)(C)C)C(C(=O)Nc1c(C)cccc1C)c1ccccc1O. The summed E-state index contributed by atoms with van der Waals surface area (Å²) in [7, 11) is 0. The Hall–Kier alpha value is -4.53. The zero-order valence-corrected chi connectivity index (χ0v) is 24.4. The maximum atomic E-state index is 14.2. The van der Waals surface area contributed by atoms with Gasteiger partial charge in [0.25, 0.3) is 5.91 Å². The molecule has 0 aliphatic carbocycles. The first kappa shape index (κ1) is 31.0. The summed E-state index contributed by atoms with van der Waals surface area (Å²) in [5, 5.41) is 26.1. The lowest BCUT2D eigenvalue weighted by molar-refractivity contribution is -0.140. The van der Waals surface area contributed by atoms with Crippen LogP contribution in [-0.2, 0) is 20.7 Å². The summed E-state index contributed by atoms with van der Waals surface area (Å²) < 4.78 is 5.43. The summed E-state index contributed by atoms with van der Waals surface area (Å²) in [4.78, 5) is 42.3. The van der Waals surface area contributed by atoms with Gasteiger partial charge in [-0.3, -0.25) is 9.59 Å². The molecule has 2 atom stereocenters. The van der Waals surface area contributed by atoms with E-state index < -0.39 is 35.6 Å². The number of hydrogen-bond donors (Lipinski definition) is 4. The van der Waals surface area contributed by atoms with Gasteiger partial charge in [0.1, 0.15) is 29.2 Å². The van der Waals surface area contributed by atoms with Crippen LogP contribution in [0.1, 0.15) is 56.0 Å². The lowest BCUT2D eigenvalue weighted by Crippen LogP contribution is -2.53. The van der Waals surface area contributed by atoms with Crippen molar-refractivity contribution in [2.45, 2.75) is 65.6 Å². The molecule has 0 saturated heterocycles. The monoisotopic (exact) mass is 561 g/mol. The molecular formula is C32H39N3O6. The molecule has 0 spiro atoms. The molecule has 41 heavy (non-hydrogen) atoms. The van der Waals surface area contributed by atoms with Crippen LogP contribution in [-0.4, -0.2) is 51.2 Å². The molecule has 218 valence electrons. The highest BCUT2D eigenvalue weighted by Gasteiger charge is 2.37. The van der Waals surface area contributed by atoms with Crippen LogP contribution in [0.15, 0.2) is 66.7 Å². The van der Waals surface area contributed by atoms with Crippen molar-refractivity contribution >= 4 is 23.6 Å². The molecule has 0 saturated carbocycles. The summed E-state index contributed by atoms with van der Waals surface area (Å²) in [6.07, 6.45) is -0.717. The highest BCUT2D eigenvalue weighted by Crippen LogP contribution is 2.32. The number of likely N-dealkylation sites (N-methyl/N-ethyl adjacent to an activating group) is 1. The summed E-state index contributed by atoms with van der Waals surface area (Å²) in [6.45, 7) is 10.7. The molecule has 0 heterocycles. The molecule has 0 aromatic heterocycles. The van der Waals surface area contributed by atoms with Crippen LogP contribution in [0, 0.1) is 13.8 Å². The van der Waals surface area contributed by atoms with Gasteiger partial charge >= 0.3 is 6.09 Å². The minimum absolute atomic E-state index is 0.0645. The van der Waals surface area contributed by atoms with Crippen molar-refractivity contribution in [3.8, 4) is 11.5 Å². The Kier molecular flexibility index (Phi) is 9.99. The van der Waals surface area contributed by atoms with Gasteiger partial charge in [0.2, 0.25) is 5.91 Å². The van der Waals surface area contributed by atoms with Crippen molar-refractivity contribution in [1.29, 1.82) is 0 Å². The molecule has 3 amide bonds. The Labute approximate surface area is 241 Å². The van der Waals surface area contributed by atoms with Crippen molar-refractivity contribution in [1.82, 2.24) is 10.2 Å². The van der Waals surface area contributed by atoms with Crippen molar-refractivity contribution in [2.24, 2.45) is 0 Å². The third-order valence-corrected chi connectivity index (χ3v) is 6.51. The smallest absolute Gasteiger partial charge is 0.408 e.